The van der Waals surface area contributed by atoms with Crippen molar-refractivity contribution >= 4 is 17.8 Å². The molecule has 0 radical (unpaired) electrons. The van der Waals surface area contributed by atoms with Crippen molar-refractivity contribution in [1.29, 1.82) is 0 Å². The number of hydrogen-bond donors (Lipinski definition) is 1. The van der Waals surface area contributed by atoms with E-state index in [-0.39, 0.29) is 11.9 Å². The van der Waals surface area contributed by atoms with Gasteiger partial charge in [-0.2, -0.15) is 5.10 Å². The molecule has 1 atom stereocenters. The van der Waals surface area contributed by atoms with Gasteiger partial charge in [-0.25, -0.2) is 0 Å². The second-order valence-corrected chi connectivity index (χ2v) is 7.44. The van der Waals surface area contributed by atoms with E-state index in [4.69, 9.17) is 9.47 Å². The molecule has 1 unspecified atom stereocenters. The first-order valence-electron chi connectivity index (χ1n) is 9.84. The van der Waals surface area contributed by atoms with Gasteiger partial charge in [0.05, 0.1) is 20.4 Å². The molecule has 3 rings (SSSR count). The highest BCUT2D eigenvalue weighted by Gasteiger charge is 2.30. The first-order valence-corrected chi connectivity index (χ1v) is 9.84. The molecule has 1 amide bonds. The Kier molecular flexibility index (Phi) is 6.42. The normalized spacial score (nSPS) is 16.3. The minimum absolute atomic E-state index is 0.0120. The van der Waals surface area contributed by atoms with Crippen molar-refractivity contribution < 1.29 is 14.3 Å². The minimum atomic E-state index is -0.272. The second kappa shape index (κ2) is 8.99. The first kappa shape index (κ1) is 20.7. The Morgan fingerprint density at radius 2 is 1.79 bits per heavy atom. The van der Waals surface area contributed by atoms with Crippen LogP contribution in [0.3, 0.4) is 0 Å². The molecule has 6 heteroatoms. The molecular weight excluding hydrogens is 366 g/mol. The molecule has 1 N–H and O–H groups in total. The number of carbonyl (C=O) groups is 1. The fourth-order valence-corrected chi connectivity index (χ4v) is 3.81. The molecular formula is C23H29N3O3. The van der Waals surface area contributed by atoms with Gasteiger partial charge in [0.1, 0.15) is 6.04 Å². The molecule has 1 heterocycles. The summed E-state index contributed by atoms with van der Waals surface area (Å²) in [7, 11) is 3.21. The first-order chi connectivity index (χ1) is 13.9. The smallest absolute Gasteiger partial charge is 0.248 e. The molecule has 1 fully saturated rings. The van der Waals surface area contributed by atoms with Crippen LogP contribution in [-0.2, 0) is 4.79 Å². The summed E-state index contributed by atoms with van der Waals surface area (Å²) in [6.07, 6.45) is 3.49. The van der Waals surface area contributed by atoms with E-state index in [1.54, 1.807) is 20.4 Å². The number of aryl methyl sites for hydroxylation is 3. The largest absolute Gasteiger partial charge is 0.493 e. The molecule has 0 saturated carbocycles. The number of methoxy groups -OCH3 is 2. The summed E-state index contributed by atoms with van der Waals surface area (Å²) in [4.78, 5) is 12.9. The molecule has 2 aromatic carbocycles. The maximum Gasteiger partial charge on any atom is 0.248 e. The Morgan fingerprint density at radius 3 is 2.45 bits per heavy atom. The highest BCUT2D eigenvalue weighted by atomic mass is 16.5. The highest BCUT2D eigenvalue weighted by Crippen LogP contribution is 2.28. The van der Waals surface area contributed by atoms with Crippen LogP contribution in [0.2, 0.25) is 0 Å². The maximum atomic E-state index is 12.9. The summed E-state index contributed by atoms with van der Waals surface area (Å²) in [6.45, 7) is 6.87. The van der Waals surface area contributed by atoms with Gasteiger partial charge < -0.3 is 14.8 Å². The van der Waals surface area contributed by atoms with Crippen LogP contribution in [-0.4, -0.2) is 43.9 Å². The molecule has 0 spiro atoms. The maximum absolute atomic E-state index is 12.9. The standard InChI is InChI=1S/C23H29N3O3/c1-15-11-16(2)22(17(3)12-15)25-23(27)19-7-6-10-26(19)24-14-18-8-9-20(28-4)21(13-18)29-5/h8-9,11-14,19H,6-7,10H2,1-5H3,(H,25,27)/b24-14+. The molecule has 0 bridgehead atoms. The van der Waals surface area contributed by atoms with E-state index < -0.39 is 0 Å². The van der Waals surface area contributed by atoms with E-state index in [2.05, 4.69) is 29.5 Å². The summed E-state index contributed by atoms with van der Waals surface area (Å²) in [5, 5.41) is 9.56. The third-order valence-corrected chi connectivity index (χ3v) is 5.22. The Morgan fingerprint density at radius 1 is 1.10 bits per heavy atom. The second-order valence-electron chi connectivity index (χ2n) is 7.44. The van der Waals surface area contributed by atoms with Crippen molar-refractivity contribution in [3.05, 3.63) is 52.6 Å². The number of benzene rings is 2. The monoisotopic (exact) mass is 395 g/mol. The molecule has 1 saturated heterocycles. The van der Waals surface area contributed by atoms with Gasteiger partial charge in [0.15, 0.2) is 11.5 Å². The topological polar surface area (TPSA) is 63.2 Å². The van der Waals surface area contributed by atoms with Gasteiger partial charge in [-0.3, -0.25) is 9.80 Å². The highest BCUT2D eigenvalue weighted by molar-refractivity contribution is 5.96. The molecule has 6 nitrogen and oxygen atoms in total. The van der Waals surface area contributed by atoms with Crippen LogP contribution in [0.5, 0.6) is 11.5 Å². The van der Waals surface area contributed by atoms with Crippen LogP contribution in [0.25, 0.3) is 0 Å². The van der Waals surface area contributed by atoms with Crippen molar-refractivity contribution in [1.82, 2.24) is 5.01 Å². The van der Waals surface area contributed by atoms with E-state index in [1.807, 2.05) is 37.1 Å². The Balaban J connectivity index is 1.73. The average molecular weight is 396 g/mol. The average Bonchev–Trinajstić information content (AvgIpc) is 3.17. The van der Waals surface area contributed by atoms with Crippen molar-refractivity contribution in [3.8, 4) is 11.5 Å². The SMILES string of the molecule is COc1ccc(/C=N/N2CCCC2C(=O)Nc2c(C)cc(C)cc2C)cc1OC. The molecule has 0 aromatic heterocycles. The van der Waals surface area contributed by atoms with Gasteiger partial charge in [-0.05, 0) is 68.5 Å². The summed E-state index contributed by atoms with van der Waals surface area (Å²) >= 11 is 0. The van der Waals surface area contributed by atoms with Crippen molar-refractivity contribution in [2.75, 3.05) is 26.1 Å². The number of hydrogen-bond acceptors (Lipinski definition) is 5. The number of rotatable bonds is 6. The van der Waals surface area contributed by atoms with Crippen LogP contribution in [0.15, 0.2) is 35.4 Å². The molecule has 1 aliphatic rings. The molecule has 2 aromatic rings. The number of nitrogens with one attached hydrogen (secondary N) is 1. The zero-order valence-corrected chi connectivity index (χ0v) is 17.8. The predicted molar refractivity (Wildman–Crippen MR) is 116 cm³/mol. The van der Waals surface area contributed by atoms with E-state index in [1.165, 1.54) is 5.56 Å². The van der Waals surface area contributed by atoms with Crippen molar-refractivity contribution in [2.45, 2.75) is 39.7 Å². The summed E-state index contributed by atoms with van der Waals surface area (Å²) in [5.41, 5.74) is 5.14. The van der Waals surface area contributed by atoms with Crippen LogP contribution >= 0.6 is 0 Å². The lowest BCUT2D eigenvalue weighted by molar-refractivity contribution is -0.120. The Labute approximate surface area is 172 Å². The van der Waals surface area contributed by atoms with E-state index >= 15 is 0 Å². The number of anilines is 1. The van der Waals surface area contributed by atoms with Gasteiger partial charge in [0, 0.05) is 12.2 Å². The van der Waals surface area contributed by atoms with Crippen LogP contribution < -0.4 is 14.8 Å². The minimum Gasteiger partial charge on any atom is -0.493 e. The lowest BCUT2D eigenvalue weighted by Crippen LogP contribution is -2.37. The number of hydrazone groups is 1. The Hall–Kier alpha value is -3.02. The lowest BCUT2D eigenvalue weighted by Gasteiger charge is -2.22. The fourth-order valence-electron chi connectivity index (χ4n) is 3.81. The Bertz CT molecular complexity index is 901. The zero-order chi connectivity index (χ0) is 21.0. The number of amides is 1. The molecule has 154 valence electrons. The van der Waals surface area contributed by atoms with Crippen molar-refractivity contribution in [3.63, 3.8) is 0 Å². The third kappa shape index (κ3) is 4.70. The van der Waals surface area contributed by atoms with Crippen LogP contribution in [0.4, 0.5) is 5.69 Å². The number of ether oxygens (including phenoxy) is 2. The van der Waals surface area contributed by atoms with E-state index in [0.29, 0.717) is 11.5 Å². The summed E-state index contributed by atoms with van der Waals surface area (Å²) < 4.78 is 10.6. The fraction of sp³-hybridized carbons (Fsp3) is 0.391. The van der Waals surface area contributed by atoms with E-state index in [0.717, 1.165) is 41.8 Å². The van der Waals surface area contributed by atoms with Crippen LogP contribution in [0.1, 0.15) is 35.1 Å². The van der Waals surface area contributed by atoms with Crippen molar-refractivity contribution in [2.24, 2.45) is 5.10 Å². The molecule has 29 heavy (non-hydrogen) atoms. The van der Waals surface area contributed by atoms with Crippen LogP contribution in [0, 0.1) is 20.8 Å². The van der Waals surface area contributed by atoms with Gasteiger partial charge >= 0.3 is 0 Å². The zero-order valence-electron chi connectivity index (χ0n) is 17.8. The summed E-state index contributed by atoms with van der Waals surface area (Å²) in [6, 6.07) is 9.53. The third-order valence-electron chi connectivity index (χ3n) is 5.22. The summed E-state index contributed by atoms with van der Waals surface area (Å²) in [5.74, 6) is 1.31. The molecule has 0 aliphatic carbocycles. The molecule has 1 aliphatic heterocycles. The predicted octanol–water partition coefficient (Wildman–Crippen LogP) is 4.07. The number of carbonyl (C=O) groups excluding carboxylic acids is 1. The lowest BCUT2D eigenvalue weighted by atomic mass is 10.0. The van der Waals surface area contributed by atoms with Gasteiger partial charge in [0.25, 0.3) is 0 Å². The van der Waals surface area contributed by atoms with Gasteiger partial charge in [-0.1, -0.05) is 17.7 Å². The quantitative estimate of drug-likeness (QED) is 0.749. The van der Waals surface area contributed by atoms with Gasteiger partial charge in [-0.15, -0.1) is 0 Å². The number of nitrogens with zero attached hydrogens (tertiary/aromatic N) is 2. The van der Waals surface area contributed by atoms with E-state index in [9.17, 15) is 4.79 Å². The van der Waals surface area contributed by atoms with Gasteiger partial charge in [0.2, 0.25) is 5.91 Å².